The summed E-state index contributed by atoms with van der Waals surface area (Å²) in [5, 5.41) is 16.9. The number of hydrogen-bond acceptors (Lipinski definition) is 7. The number of primary sulfonamides is 1. The Bertz CT molecular complexity index is 859. The van der Waals surface area contributed by atoms with Gasteiger partial charge in [0.05, 0.1) is 17.6 Å². The summed E-state index contributed by atoms with van der Waals surface area (Å²) >= 11 is 1.31. The zero-order chi connectivity index (χ0) is 16.6. The van der Waals surface area contributed by atoms with Gasteiger partial charge in [-0.1, -0.05) is 11.3 Å². The molecule has 0 spiro atoms. The number of carbonyl (C=O) groups excluding carboxylic acids is 1. The number of methoxy groups -OCH3 is 1. The van der Waals surface area contributed by atoms with Crippen LogP contribution in [0.1, 0.15) is 34.1 Å². The third-order valence-corrected chi connectivity index (χ3v) is 5.24. The van der Waals surface area contributed by atoms with Gasteiger partial charge in [0.1, 0.15) is 10.8 Å². The Kier molecular flexibility index (Phi) is 4.04. The van der Waals surface area contributed by atoms with Crippen molar-refractivity contribution in [1.29, 1.82) is 0 Å². The van der Waals surface area contributed by atoms with Gasteiger partial charge >= 0.3 is 0 Å². The summed E-state index contributed by atoms with van der Waals surface area (Å²) in [7, 11) is -2.53. The van der Waals surface area contributed by atoms with Gasteiger partial charge in [0.2, 0.25) is 15.2 Å². The van der Waals surface area contributed by atoms with Crippen LogP contribution in [-0.4, -0.2) is 31.6 Å². The highest BCUT2D eigenvalue weighted by Gasteiger charge is 2.28. The molecule has 0 bridgehead atoms. The standard InChI is InChI=1S/C13H14N4O4S2/c1-21-10-5-4-8(23(14,19)20)6-9(10)11(18)15-13-17-16-12(22-13)7-2-3-7/h4-7H,2-3H2,1H3,(H2,14,19,20)(H,15,17,18). The molecule has 2 aromatic rings. The second-order valence-corrected chi connectivity index (χ2v) is 7.65. The van der Waals surface area contributed by atoms with E-state index in [1.165, 1.54) is 36.6 Å². The first kappa shape index (κ1) is 15.8. The van der Waals surface area contributed by atoms with E-state index in [2.05, 4.69) is 15.5 Å². The zero-order valence-corrected chi connectivity index (χ0v) is 13.8. The number of rotatable bonds is 5. The zero-order valence-electron chi connectivity index (χ0n) is 12.1. The van der Waals surface area contributed by atoms with Crippen molar-refractivity contribution in [3.05, 3.63) is 28.8 Å². The van der Waals surface area contributed by atoms with Gasteiger partial charge in [-0.2, -0.15) is 0 Å². The molecule has 3 rings (SSSR count). The highest BCUT2D eigenvalue weighted by atomic mass is 32.2. The van der Waals surface area contributed by atoms with Crippen molar-refractivity contribution in [3.8, 4) is 5.75 Å². The van der Waals surface area contributed by atoms with Gasteiger partial charge in [-0.25, -0.2) is 13.6 Å². The number of nitrogens with zero attached hydrogens (tertiary/aromatic N) is 2. The van der Waals surface area contributed by atoms with Crippen molar-refractivity contribution in [1.82, 2.24) is 10.2 Å². The number of ether oxygens (including phenoxy) is 1. The molecular weight excluding hydrogens is 340 g/mol. The lowest BCUT2D eigenvalue weighted by Gasteiger charge is -2.09. The van der Waals surface area contributed by atoms with E-state index in [-0.39, 0.29) is 16.2 Å². The summed E-state index contributed by atoms with van der Waals surface area (Å²) < 4.78 is 28.0. The highest BCUT2D eigenvalue weighted by Crippen LogP contribution is 2.42. The van der Waals surface area contributed by atoms with E-state index in [1.54, 1.807) is 0 Å². The van der Waals surface area contributed by atoms with Crippen LogP contribution in [0.2, 0.25) is 0 Å². The summed E-state index contributed by atoms with van der Waals surface area (Å²) in [5.41, 5.74) is 0.0576. The van der Waals surface area contributed by atoms with Crippen LogP contribution >= 0.6 is 11.3 Å². The van der Waals surface area contributed by atoms with Crippen LogP contribution in [0.5, 0.6) is 5.75 Å². The topological polar surface area (TPSA) is 124 Å². The maximum Gasteiger partial charge on any atom is 0.261 e. The summed E-state index contributed by atoms with van der Waals surface area (Å²) in [5.74, 6) is 0.145. The molecule has 3 N–H and O–H groups in total. The van der Waals surface area contributed by atoms with Gasteiger partial charge in [0.25, 0.3) is 5.91 Å². The molecule has 1 heterocycles. The Labute approximate surface area is 136 Å². The number of carbonyl (C=O) groups is 1. The summed E-state index contributed by atoms with van der Waals surface area (Å²) in [6.07, 6.45) is 2.18. The number of benzene rings is 1. The maximum atomic E-state index is 12.4. The molecule has 0 unspecified atom stereocenters. The predicted molar refractivity (Wildman–Crippen MR) is 84.2 cm³/mol. The Morgan fingerprint density at radius 1 is 1.39 bits per heavy atom. The molecule has 0 saturated heterocycles. The fourth-order valence-electron chi connectivity index (χ4n) is 1.99. The average Bonchev–Trinajstić information content (AvgIpc) is 3.26. The minimum atomic E-state index is -3.92. The average molecular weight is 354 g/mol. The minimum Gasteiger partial charge on any atom is -0.496 e. The fraction of sp³-hybridized carbons (Fsp3) is 0.308. The molecule has 122 valence electrons. The van der Waals surface area contributed by atoms with E-state index in [1.807, 2.05) is 0 Å². The van der Waals surface area contributed by atoms with Gasteiger partial charge in [0, 0.05) is 5.92 Å². The minimum absolute atomic E-state index is 0.0576. The predicted octanol–water partition coefficient (Wildman–Crippen LogP) is 1.32. The molecule has 1 aromatic carbocycles. The summed E-state index contributed by atoms with van der Waals surface area (Å²) in [6.45, 7) is 0. The largest absolute Gasteiger partial charge is 0.496 e. The van der Waals surface area contributed by atoms with Crippen LogP contribution < -0.4 is 15.2 Å². The van der Waals surface area contributed by atoms with Crippen molar-refractivity contribution in [3.63, 3.8) is 0 Å². The maximum absolute atomic E-state index is 12.4. The number of nitrogens with one attached hydrogen (secondary N) is 1. The second-order valence-electron chi connectivity index (χ2n) is 5.08. The molecule has 1 aliphatic rings. The molecular formula is C13H14N4O4S2. The summed E-state index contributed by atoms with van der Waals surface area (Å²) in [4.78, 5) is 12.2. The molecule has 1 amide bonds. The Morgan fingerprint density at radius 2 is 2.13 bits per heavy atom. The molecule has 23 heavy (non-hydrogen) atoms. The van der Waals surface area contributed by atoms with Crippen molar-refractivity contribution >= 4 is 32.4 Å². The van der Waals surface area contributed by atoms with Gasteiger partial charge in [-0.05, 0) is 31.0 Å². The van der Waals surface area contributed by atoms with Crippen molar-refractivity contribution in [2.75, 3.05) is 12.4 Å². The molecule has 10 heteroatoms. The molecule has 1 fully saturated rings. The monoisotopic (exact) mass is 354 g/mol. The second kappa shape index (κ2) is 5.87. The Hall–Kier alpha value is -2.04. The Balaban J connectivity index is 1.87. The van der Waals surface area contributed by atoms with E-state index in [0.717, 1.165) is 17.8 Å². The van der Waals surface area contributed by atoms with Gasteiger partial charge < -0.3 is 4.74 Å². The van der Waals surface area contributed by atoms with E-state index in [4.69, 9.17) is 9.88 Å². The van der Waals surface area contributed by atoms with Crippen LogP contribution in [0.15, 0.2) is 23.1 Å². The molecule has 0 aliphatic heterocycles. The number of aromatic nitrogens is 2. The first-order valence-corrected chi connectivity index (χ1v) is 9.10. The van der Waals surface area contributed by atoms with E-state index in [0.29, 0.717) is 11.0 Å². The normalized spacial score (nSPS) is 14.5. The van der Waals surface area contributed by atoms with Crippen molar-refractivity contribution < 1.29 is 17.9 Å². The lowest BCUT2D eigenvalue weighted by atomic mass is 10.2. The van der Waals surface area contributed by atoms with Crippen LogP contribution in [-0.2, 0) is 10.0 Å². The van der Waals surface area contributed by atoms with E-state index in [9.17, 15) is 13.2 Å². The SMILES string of the molecule is COc1ccc(S(N)(=O)=O)cc1C(=O)Nc1nnc(C2CC2)s1. The lowest BCUT2D eigenvalue weighted by molar-refractivity contribution is 0.102. The van der Waals surface area contributed by atoms with Gasteiger partial charge in [-0.3, -0.25) is 10.1 Å². The molecule has 1 aliphatic carbocycles. The summed E-state index contributed by atoms with van der Waals surface area (Å²) in [6, 6.07) is 3.83. The number of hydrogen-bond donors (Lipinski definition) is 2. The van der Waals surface area contributed by atoms with Crippen LogP contribution in [0.4, 0.5) is 5.13 Å². The first-order chi connectivity index (χ1) is 10.9. The number of sulfonamides is 1. The third-order valence-electron chi connectivity index (χ3n) is 3.33. The third kappa shape index (κ3) is 3.49. The quantitative estimate of drug-likeness (QED) is 0.834. The van der Waals surface area contributed by atoms with Crippen LogP contribution in [0.25, 0.3) is 0 Å². The molecule has 8 nitrogen and oxygen atoms in total. The van der Waals surface area contributed by atoms with Crippen molar-refractivity contribution in [2.45, 2.75) is 23.7 Å². The number of amides is 1. The van der Waals surface area contributed by atoms with E-state index >= 15 is 0 Å². The van der Waals surface area contributed by atoms with E-state index < -0.39 is 15.9 Å². The molecule has 0 atom stereocenters. The van der Waals surface area contributed by atoms with Gasteiger partial charge in [0.15, 0.2) is 0 Å². The first-order valence-electron chi connectivity index (χ1n) is 6.74. The van der Waals surface area contributed by atoms with Gasteiger partial charge in [-0.15, -0.1) is 10.2 Å². The molecule has 1 saturated carbocycles. The fourth-order valence-corrected chi connectivity index (χ4v) is 3.43. The number of anilines is 1. The number of nitrogens with two attached hydrogens (primary N) is 1. The highest BCUT2D eigenvalue weighted by molar-refractivity contribution is 7.89. The van der Waals surface area contributed by atoms with Crippen LogP contribution in [0.3, 0.4) is 0 Å². The lowest BCUT2D eigenvalue weighted by Crippen LogP contribution is -2.16. The smallest absolute Gasteiger partial charge is 0.261 e. The Morgan fingerprint density at radius 3 is 2.74 bits per heavy atom. The van der Waals surface area contributed by atoms with Crippen molar-refractivity contribution in [2.24, 2.45) is 5.14 Å². The van der Waals surface area contributed by atoms with Crippen LogP contribution in [0, 0.1) is 0 Å². The molecule has 0 radical (unpaired) electrons. The molecule has 1 aromatic heterocycles.